The van der Waals surface area contributed by atoms with Crippen molar-refractivity contribution in [1.82, 2.24) is 9.47 Å². The standard InChI is InChI=1S/C24H22N2O4S/c1-3-15(2)26-22(27)21(31-24(26)30)12-18-14-25(20-10-5-4-9-19(18)20)13-16-7-6-8-17(11-16)23(28)29/h4-12,14-15H,3,13H2,1-2H3,(H,28,29)/b21-12+/t15-/m1/s1. The fourth-order valence-corrected chi connectivity index (χ4v) is 4.62. The molecular weight excluding hydrogens is 412 g/mol. The maximum absolute atomic E-state index is 12.8. The number of carbonyl (C=O) groups is 3. The molecule has 1 fully saturated rings. The normalized spacial score (nSPS) is 16.5. The molecule has 0 aliphatic carbocycles. The molecule has 2 amide bonds. The van der Waals surface area contributed by atoms with Gasteiger partial charge in [0.05, 0.1) is 10.5 Å². The van der Waals surface area contributed by atoms with Gasteiger partial charge in [-0.15, -0.1) is 0 Å². The Morgan fingerprint density at radius 2 is 1.94 bits per heavy atom. The highest BCUT2D eigenvalue weighted by Gasteiger charge is 2.37. The Bertz CT molecular complexity index is 1230. The molecule has 1 N–H and O–H groups in total. The topological polar surface area (TPSA) is 79.6 Å². The highest BCUT2D eigenvalue weighted by atomic mass is 32.2. The number of thioether (sulfide) groups is 1. The molecule has 0 spiro atoms. The summed E-state index contributed by atoms with van der Waals surface area (Å²) in [6, 6.07) is 14.5. The second-order valence-electron chi connectivity index (χ2n) is 7.54. The molecule has 0 radical (unpaired) electrons. The first-order valence-corrected chi connectivity index (χ1v) is 10.9. The van der Waals surface area contributed by atoms with Crippen LogP contribution in [0.4, 0.5) is 4.79 Å². The Balaban J connectivity index is 1.72. The quantitative estimate of drug-likeness (QED) is 0.538. The van der Waals surface area contributed by atoms with Crippen LogP contribution in [0.5, 0.6) is 0 Å². The molecule has 2 heterocycles. The zero-order valence-corrected chi connectivity index (χ0v) is 18.1. The Morgan fingerprint density at radius 3 is 2.68 bits per heavy atom. The van der Waals surface area contributed by atoms with Crippen LogP contribution in [0.3, 0.4) is 0 Å². The van der Waals surface area contributed by atoms with E-state index >= 15 is 0 Å². The van der Waals surface area contributed by atoms with Crippen molar-refractivity contribution in [2.45, 2.75) is 32.9 Å². The van der Waals surface area contributed by atoms with Crippen LogP contribution in [-0.4, -0.2) is 37.7 Å². The molecule has 158 valence electrons. The van der Waals surface area contributed by atoms with Crippen molar-refractivity contribution in [3.8, 4) is 0 Å². The van der Waals surface area contributed by atoms with Crippen LogP contribution >= 0.6 is 11.8 Å². The first-order valence-electron chi connectivity index (χ1n) is 10.1. The summed E-state index contributed by atoms with van der Waals surface area (Å²) in [4.78, 5) is 38.2. The van der Waals surface area contributed by atoms with Crippen molar-refractivity contribution in [3.63, 3.8) is 0 Å². The summed E-state index contributed by atoms with van der Waals surface area (Å²) in [6.45, 7) is 4.31. The van der Waals surface area contributed by atoms with Crippen molar-refractivity contribution in [3.05, 3.63) is 76.3 Å². The maximum Gasteiger partial charge on any atom is 0.335 e. The summed E-state index contributed by atoms with van der Waals surface area (Å²) < 4.78 is 2.03. The van der Waals surface area contributed by atoms with Gasteiger partial charge >= 0.3 is 5.97 Å². The number of fused-ring (bicyclic) bond motifs is 1. The van der Waals surface area contributed by atoms with E-state index < -0.39 is 5.97 Å². The number of aromatic nitrogens is 1. The van der Waals surface area contributed by atoms with E-state index in [4.69, 9.17) is 0 Å². The first kappa shape index (κ1) is 20.9. The van der Waals surface area contributed by atoms with Gasteiger partial charge in [0.15, 0.2) is 0 Å². The number of imide groups is 1. The van der Waals surface area contributed by atoms with E-state index in [-0.39, 0.29) is 22.8 Å². The lowest BCUT2D eigenvalue weighted by Gasteiger charge is -2.19. The fraction of sp³-hybridized carbons (Fsp3) is 0.208. The molecule has 0 bridgehead atoms. The fourth-order valence-electron chi connectivity index (χ4n) is 3.70. The molecule has 6 nitrogen and oxygen atoms in total. The average molecular weight is 435 g/mol. The number of hydrogen-bond acceptors (Lipinski definition) is 4. The second-order valence-corrected chi connectivity index (χ2v) is 8.54. The number of rotatable bonds is 6. The van der Waals surface area contributed by atoms with Crippen LogP contribution in [0, 0.1) is 0 Å². The summed E-state index contributed by atoms with van der Waals surface area (Å²) in [5, 5.41) is 9.98. The third kappa shape index (κ3) is 4.01. The molecule has 0 unspecified atom stereocenters. The Labute approximate surface area is 184 Å². The lowest BCUT2D eigenvalue weighted by Crippen LogP contribution is -2.36. The van der Waals surface area contributed by atoms with Crippen molar-refractivity contribution in [2.24, 2.45) is 0 Å². The number of carbonyl (C=O) groups excluding carboxylic acids is 2. The minimum absolute atomic E-state index is 0.138. The molecule has 1 aromatic heterocycles. The van der Waals surface area contributed by atoms with Crippen molar-refractivity contribution in [2.75, 3.05) is 0 Å². The summed E-state index contributed by atoms with van der Waals surface area (Å²) in [6.07, 6.45) is 4.43. The van der Waals surface area contributed by atoms with E-state index in [0.717, 1.165) is 33.8 Å². The monoisotopic (exact) mass is 434 g/mol. The van der Waals surface area contributed by atoms with E-state index in [1.54, 1.807) is 24.3 Å². The predicted octanol–water partition coefficient (Wildman–Crippen LogP) is 5.22. The lowest BCUT2D eigenvalue weighted by atomic mass is 10.1. The maximum atomic E-state index is 12.8. The van der Waals surface area contributed by atoms with Gasteiger partial charge in [0.1, 0.15) is 0 Å². The van der Waals surface area contributed by atoms with Crippen molar-refractivity contribution >= 4 is 45.9 Å². The minimum Gasteiger partial charge on any atom is -0.478 e. The summed E-state index contributed by atoms with van der Waals surface area (Å²) >= 11 is 0.971. The molecule has 4 rings (SSSR count). The minimum atomic E-state index is -0.961. The summed E-state index contributed by atoms with van der Waals surface area (Å²) in [5.41, 5.74) is 2.92. The van der Waals surface area contributed by atoms with E-state index in [2.05, 4.69) is 0 Å². The van der Waals surface area contributed by atoms with E-state index in [1.807, 2.05) is 54.9 Å². The molecule has 0 saturated carbocycles. The van der Waals surface area contributed by atoms with Crippen molar-refractivity contribution in [1.29, 1.82) is 0 Å². The van der Waals surface area contributed by atoms with Gasteiger partial charge in [-0.2, -0.15) is 0 Å². The molecule has 1 aliphatic rings. The third-order valence-electron chi connectivity index (χ3n) is 5.49. The van der Waals surface area contributed by atoms with Crippen LogP contribution in [0.25, 0.3) is 17.0 Å². The van der Waals surface area contributed by atoms with Gasteiger partial charge in [0.25, 0.3) is 11.1 Å². The predicted molar refractivity (Wildman–Crippen MR) is 122 cm³/mol. The molecule has 1 aliphatic heterocycles. The van der Waals surface area contributed by atoms with Crippen LogP contribution in [0.1, 0.15) is 41.8 Å². The zero-order valence-electron chi connectivity index (χ0n) is 17.2. The number of amides is 2. The molecule has 3 aromatic rings. The first-order chi connectivity index (χ1) is 14.9. The highest BCUT2D eigenvalue weighted by molar-refractivity contribution is 8.18. The largest absolute Gasteiger partial charge is 0.478 e. The number of para-hydroxylation sites is 1. The summed E-state index contributed by atoms with van der Waals surface area (Å²) in [7, 11) is 0. The van der Waals surface area contributed by atoms with Gasteiger partial charge in [0.2, 0.25) is 0 Å². The van der Waals surface area contributed by atoms with Crippen LogP contribution in [-0.2, 0) is 11.3 Å². The van der Waals surface area contributed by atoms with E-state index in [9.17, 15) is 19.5 Å². The van der Waals surface area contributed by atoms with Crippen LogP contribution in [0.2, 0.25) is 0 Å². The molecule has 31 heavy (non-hydrogen) atoms. The van der Waals surface area contributed by atoms with Gasteiger partial charge < -0.3 is 9.67 Å². The van der Waals surface area contributed by atoms with Gasteiger partial charge in [-0.05, 0) is 54.9 Å². The molecule has 2 aromatic carbocycles. The van der Waals surface area contributed by atoms with Crippen LogP contribution < -0.4 is 0 Å². The van der Waals surface area contributed by atoms with E-state index in [0.29, 0.717) is 17.9 Å². The summed E-state index contributed by atoms with van der Waals surface area (Å²) in [5.74, 6) is -1.22. The Kier molecular flexibility index (Phi) is 5.69. The highest BCUT2D eigenvalue weighted by Crippen LogP contribution is 2.35. The number of hydrogen-bond donors (Lipinski definition) is 1. The number of nitrogens with zero attached hydrogens (tertiary/aromatic N) is 2. The Morgan fingerprint density at radius 1 is 1.16 bits per heavy atom. The van der Waals surface area contributed by atoms with Gasteiger partial charge in [-0.1, -0.05) is 37.3 Å². The molecular formula is C24H22N2O4S. The van der Waals surface area contributed by atoms with Gasteiger partial charge in [0, 0.05) is 35.2 Å². The number of carboxylic acid groups (broad SMARTS) is 1. The molecule has 1 saturated heterocycles. The van der Waals surface area contributed by atoms with Gasteiger partial charge in [-0.25, -0.2) is 4.79 Å². The van der Waals surface area contributed by atoms with Gasteiger partial charge in [-0.3, -0.25) is 14.5 Å². The second kappa shape index (κ2) is 8.43. The Hall–Kier alpha value is -3.32. The number of aromatic carboxylic acids is 1. The number of benzene rings is 2. The smallest absolute Gasteiger partial charge is 0.335 e. The van der Waals surface area contributed by atoms with Crippen LogP contribution in [0.15, 0.2) is 59.6 Å². The third-order valence-corrected chi connectivity index (χ3v) is 6.37. The van der Waals surface area contributed by atoms with Crippen molar-refractivity contribution < 1.29 is 19.5 Å². The molecule has 1 atom stereocenters. The number of carboxylic acids is 1. The van der Waals surface area contributed by atoms with E-state index in [1.165, 1.54) is 4.90 Å². The average Bonchev–Trinajstić information content (AvgIpc) is 3.24. The lowest BCUT2D eigenvalue weighted by molar-refractivity contribution is -0.124. The SMILES string of the molecule is CC[C@@H](C)N1C(=O)S/C(=C/c2cn(Cc3cccc(C(=O)O)c3)c3ccccc23)C1=O. The zero-order chi connectivity index (χ0) is 22.1. The molecule has 7 heteroatoms.